The maximum absolute atomic E-state index is 10.3. The molecule has 1 N–H and O–H groups in total. The quantitative estimate of drug-likeness (QED) is 0.918. The molecule has 0 saturated heterocycles. The lowest BCUT2D eigenvalue weighted by molar-refractivity contribution is 0.167. The summed E-state index contributed by atoms with van der Waals surface area (Å²) < 4.78 is 5.49. The average molecular weight is 268 g/mol. The van der Waals surface area contributed by atoms with Crippen LogP contribution in [-0.4, -0.2) is 11.7 Å². The third-order valence-electron chi connectivity index (χ3n) is 3.89. The number of hydrogen-bond donors (Lipinski definition) is 1. The van der Waals surface area contributed by atoms with Crippen molar-refractivity contribution in [3.8, 4) is 5.75 Å². The molecule has 1 aliphatic heterocycles. The van der Waals surface area contributed by atoms with Crippen LogP contribution in [0, 0.1) is 6.92 Å². The molecule has 0 bridgehead atoms. The van der Waals surface area contributed by atoms with E-state index in [1.54, 1.807) is 0 Å². The lowest BCUT2D eigenvalue weighted by Gasteiger charge is -2.12. The van der Waals surface area contributed by atoms with Gasteiger partial charge in [0, 0.05) is 6.42 Å². The van der Waals surface area contributed by atoms with Gasteiger partial charge in [-0.3, -0.25) is 0 Å². The molecule has 1 unspecified atom stereocenters. The fourth-order valence-corrected chi connectivity index (χ4v) is 2.75. The van der Waals surface area contributed by atoms with Crippen LogP contribution < -0.4 is 4.74 Å². The number of rotatable bonds is 4. The molecule has 1 atom stereocenters. The van der Waals surface area contributed by atoms with Gasteiger partial charge in [-0.25, -0.2) is 0 Å². The predicted molar refractivity (Wildman–Crippen MR) is 80.1 cm³/mol. The zero-order valence-corrected chi connectivity index (χ0v) is 11.8. The van der Waals surface area contributed by atoms with Crippen LogP contribution in [0.1, 0.15) is 34.8 Å². The van der Waals surface area contributed by atoms with Gasteiger partial charge in [-0.2, -0.15) is 0 Å². The fourth-order valence-electron chi connectivity index (χ4n) is 2.75. The summed E-state index contributed by atoms with van der Waals surface area (Å²) in [5.41, 5.74) is 4.78. The monoisotopic (exact) mass is 268 g/mol. The Morgan fingerprint density at radius 2 is 2.10 bits per heavy atom. The second-order valence-electron chi connectivity index (χ2n) is 5.51. The second kappa shape index (κ2) is 5.68. The van der Waals surface area contributed by atoms with Crippen LogP contribution >= 0.6 is 0 Å². The molecule has 2 heteroatoms. The molecule has 0 aromatic heterocycles. The number of benzene rings is 2. The van der Waals surface area contributed by atoms with Crippen molar-refractivity contribution < 1.29 is 9.84 Å². The molecule has 0 spiro atoms. The van der Waals surface area contributed by atoms with Gasteiger partial charge in [0.1, 0.15) is 5.75 Å². The van der Waals surface area contributed by atoms with E-state index >= 15 is 0 Å². The van der Waals surface area contributed by atoms with E-state index in [1.165, 1.54) is 16.7 Å². The molecule has 0 amide bonds. The smallest absolute Gasteiger partial charge is 0.122 e. The first-order valence-corrected chi connectivity index (χ1v) is 7.21. The highest BCUT2D eigenvalue weighted by Crippen LogP contribution is 2.29. The fraction of sp³-hybridized carbons (Fsp3) is 0.333. The summed E-state index contributed by atoms with van der Waals surface area (Å²) in [5, 5.41) is 10.3. The number of aryl methyl sites for hydroxylation is 2. The highest BCUT2D eigenvalue weighted by Gasteiger charge is 2.15. The first-order chi connectivity index (χ1) is 9.72. The van der Waals surface area contributed by atoms with Gasteiger partial charge in [0.15, 0.2) is 0 Å². The molecular weight excluding hydrogens is 248 g/mol. The van der Waals surface area contributed by atoms with Crippen molar-refractivity contribution in [2.24, 2.45) is 0 Å². The molecule has 2 aromatic rings. The van der Waals surface area contributed by atoms with Crippen molar-refractivity contribution in [3.05, 3.63) is 64.7 Å². The summed E-state index contributed by atoms with van der Waals surface area (Å²) in [7, 11) is 0. The van der Waals surface area contributed by atoms with E-state index in [0.717, 1.165) is 37.2 Å². The first kappa shape index (κ1) is 13.2. The van der Waals surface area contributed by atoms with Gasteiger partial charge in [0.05, 0.1) is 12.7 Å². The van der Waals surface area contributed by atoms with Crippen LogP contribution in [-0.2, 0) is 12.8 Å². The molecule has 2 aromatic carbocycles. The SMILES string of the molecule is Cc1cccc(CCC(O)c2ccc3c(c2)CCO3)c1. The molecule has 0 aliphatic carbocycles. The van der Waals surface area contributed by atoms with Crippen molar-refractivity contribution in [3.63, 3.8) is 0 Å². The zero-order chi connectivity index (χ0) is 13.9. The van der Waals surface area contributed by atoms with Crippen LogP contribution in [0.5, 0.6) is 5.75 Å². The van der Waals surface area contributed by atoms with E-state index in [9.17, 15) is 5.11 Å². The van der Waals surface area contributed by atoms with Gasteiger partial charge in [0.25, 0.3) is 0 Å². The molecule has 3 rings (SSSR count). The van der Waals surface area contributed by atoms with E-state index in [-0.39, 0.29) is 0 Å². The minimum atomic E-state index is -0.401. The Kier molecular flexibility index (Phi) is 3.75. The second-order valence-corrected chi connectivity index (χ2v) is 5.51. The van der Waals surface area contributed by atoms with E-state index in [0.29, 0.717) is 0 Å². The Labute approximate surface area is 120 Å². The Morgan fingerprint density at radius 1 is 1.20 bits per heavy atom. The highest BCUT2D eigenvalue weighted by atomic mass is 16.5. The van der Waals surface area contributed by atoms with Crippen molar-refractivity contribution >= 4 is 0 Å². The number of aliphatic hydroxyl groups excluding tert-OH is 1. The molecule has 0 fully saturated rings. The number of hydrogen-bond acceptors (Lipinski definition) is 2. The molecule has 2 nitrogen and oxygen atoms in total. The minimum Gasteiger partial charge on any atom is -0.493 e. The molecule has 1 heterocycles. The number of ether oxygens (including phenoxy) is 1. The molecule has 0 saturated carbocycles. The van der Waals surface area contributed by atoms with Gasteiger partial charge in [-0.1, -0.05) is 35.9 Å². The largest absolute Gasteiger partial charge is 0.493 e. The van der Waals surface area contributed by atoms with Crippen molar-refractivity contribution in [1.82, 2.24) is 0 Å². The van der Waals surface area contributed by atoms with Gasteiger partial charge in [-0.15, -0.1) is 0 Å². The number of fused-ring (bicyclic) bond motifs is 1. The van der Waals surface area contributed by atoms with Gasteiger partial charge in [-0.05, 0) is 48.6 Å². The molecular formula is C18H20O2. The lowest BCUT2D eigenvalue weighted by atomic mass is 9.98. The topological polar surface area (TPSA) is 29.5 Å². The molecule has 1 aliphatic rings. The van der Waals surface area contributed by atoms with Gasteiger partial charge >= 0.3 is 0 Å². The van der Waals surface area contributed by atoms with Crippen molar-refractivity contribution in [1.29, 1.82) is 0 Å². The lowest BCUT2D eigenvalue weighted by Crippen LogP contribution is -2.00. The van der Waals surface area contributed by atoms with Gasteiger partial charge in [0.2, 0.25) is 0 Å². The van der Waals surface area contributed by atoms with Crippen LogP contribution in [0.25, 0.3) is 0 Å². The van der Waals surface area contributed by atoms with E-state index in [2.05, 4.69) is 37.3 Å². The Morgan fingerprint density at radius 3 is 2.95 bits per heavy atom. The Hall–Kier alpha value is -1.80. The summed E-state index contributed by atoms with van der Waals surface area (Å²) in [6, 6.07) is 14.5. The van der Waals surface area contributed by atoms with Crippen molar-refractivity contribution in [2.45, 2.75) is 32.3 Å². The molecule has 0 radical (unpaired) electrons. The maximum Gasteiger partial charge on any atom is 0.122 e. The van der Waals surface area contributed by atoms with E-state index in [4.69, 9.17) is 4.74 Å². The summed E-state index contributed by atoms with van der Waals surface area (Å²) in [6.45, 7) is 2.86. The Balaban J connectivity index is 1.66. The van der Waals surface area contributed by atoms with E-state index in [1.807, 2.05) is 12.1 Å². The summed E-state index contributed by atoms with van der Waals surface area (Å²) in [4.78, 5) is 0. The average Bonchev–Trinajstić information content (AvgIpc) is 2.92. The first-order valence-electron chi connectivity index (χ1n) is 7.21. The minimum absolute atomic E-state index is 0.401. The molecule has 20 heavy (non-hydrogen) atoms. The summed E-state index contributed by atoms with van der Waals surface area (Å²) in [6.07, 6.45) is 2.20. The van der Waals surface area contributed by atoms with E-state index < -0.39 is 6.10 Å². The van der Waals surface area contributed by atoms with Crippen LogP contribution in [0.4, 0.5) is 0 Å². The highest BCUT2D eigenvalue weighted by molar-refractivity contribution is 5.40. The Bertz CT molecular complexity index is 604. The maximum atomic E-state index is 10.3. The molecule has 104 valence electrons. The van der Waals surface area contributed by atoms with Crippen LogP contribution in [0.3, 0.4) is 0 Å². The van der Waals surface area contributed by atoms with Crippen LogP contribution in [0.15, 0.2) is 42.5 Å². The summed E-state index contributed by atoms with van der Waals surface area (Å²) in [5.74, 6) is 0.972. The third kappa shape index (κ3) is 2.86. The predicted octanol–water partition coefficient (Wildman–Crippen LogP) is 3.60. The van der Waals surface area contributed by atoms with Crippen molar-refractivity contribution in [2.75, 3.05) is 6.61 Å². The normalized spacial score (nSPS) is 14.7. The van der Waals surface area contributed by atoms with Crippen LogP contribution in [0.2, 0.25) is 0 Å². The summed E-state index contributed by atoms with van der Waals surface area (Å²) >= 11 is 0. The third-order valence-corrected chi connectivity index (χ3v) is 3.89. The number of aliphatic hydroxyl groups is 1. The van der Waals surface area contributed by atoms with Gasteiger partial charge < -0.3 is 9.84 Å². The standard InChI is InChI=1S/C18H20O2/c1-13-3-2-4-14(11-13)5-7-17(19)15-6-8-18-16(12-15)9-10-20-18/h2-4,6,8,11-12,17,19H,5,7,9-10H2,1H3. The zero-order valence-electron chi connectivity index (χ0n) is 11.8.